The molecule has 1 saturated carbocycles. The van der Waals surface area contributed by atoms with E-state index in [0.717, 1.165) is 10.9 Å². The molecule has 5 N–H and O–H groups in total. The van der Waals surface area contributed by atoms with Crippen LogP contribution in [0.15, 0.2) is 30.4 Å². The van der Waals surface area contributed by atoms with Gasteiger partial charge in [-0.1, -0.05) is 37.4 Å². The van der Waals surface area contributed by atoms with Crippen LogP contribution < -0.4 is 15.6 Å². The Bertz CT molecular complexity index is 1450. The summed E-state index contributed by atoms with van der Waals surface area (Å²) in [5, 5.41) is 55.4. The number of carboxylic acid groups (broad SMARTS) is 1. The molecule has 0 amide bonds. The molecule has 1 aromatic rings. The Morgan fingerprint density at radius 1 is 1.30 bits per heavy atom. The van der Waals surface area contributed by atoms with Crippen molar-refractivity contribution in [3.8, 4) is 0 Å². The molecule has 2 aliphatic heterocycles. The van der Waals surface area contributed by atoms with Gasteiger partial charge >= 0.3 is 11.9 Å². The number of aliphatic hydroxyl groups excluding tert-OH is 3. The number of hydrogen-bond acceptors (Lipinski definition) is 10. The number of aliphatic hydroxyl groups is 4. The summed E-state index contributed by atoms with van der Waals surface area (Å²) in [6.45, 7) is 7.23. The first kappa shape index (κ1) is 32.4. The SMILES string of the molecule is C=CC1C(OC2OC(CO)C34OC(CCCO)=c5[n-]c(C(C)C)cc5=C3CCC2(O)C4O)CC=C(C(=O)OC)C1CC(=O)O. The van der Waals surface area contributed by atoms with Crippen LogP contribution in [-0.4, -0.2) is 93.6 Å². The van der Waals surface area contributed by atoms with Crippen LogP contribution in [0.3, 0.4) is 0 Å². The summed E-state index contributed by atoms with van der Waals surface area (Å²) in [6.07, 6.45) is -1.07. The van der Waals surface area contributed by atoms with Crippen molar-refractivity contribution in [1.82, 2.24) is 4.98 Å². The molecule has 242 valence electrons. The Kier molecular flexibility index (Phi) is 9.14. The Morgan fingerprint density at radius 2 is 2.05 bits per heavy atom. The Hall–Kier alpha value is -3.00. The molecule has 12 nitrogen and oxygen atoms in total. The van der Waals surface area contributed by atoms with Crippen molar-refractivity contribution in [2.45, 2.75) is 94.1 Å². The highest BCUT2D eigenvalue weighted by atomic mass is 16.7. The van der Waals surface area contributed by atoms with E-state index in [1.165, 1.54) is 13.2 Å². The number of aromatic nitrogens is 1. The molecule has 0 aromatic carbocycles. The molecular formula is C32H42NO11-. The number of methoxy groups -OCH3 is 1. The summed E-state index contributed by atoms with van der Waals surface area (Å²) in [6, 6.07) is 1.96. The third kappa shape index (κ3) is 5.11. The lowest BCUT2D eigenvalue weighted by molar-refractivity contribution is -0.372. The van der Waals surface area contributed by atoms with Gasteiger partial charge in [0, 0.05) is 30.4 Å². The van der Waals surface area contributed by atoms with Gasteiger partial charge in [-0.25, -0.2) is 4.79 Å². The first-order chi connectivity index (χ1) is 21.0. The number of fused-ring (bicyclic) bond motifs is 2. The molecule has 4 aliphatic rings. The molecule has 44 heavy (non-hydrogen) atoms. The summed E-state index contributed by atoms with van der Waals surface area (Å²) >= 11 is 0. The van der Waals surface area contributed by atoms with E-state index in [-0.39, 0.29) is 37.4 Å². The molecule has 8 atom stereocenters. The van der Waals surface area contributed by atoms with Crippen molar-refractivity contribution in [3.05, 3.63) is 46.6 Å². The monoisotopic (exact) mass is 616 g/mol. The van der Waals surface area contributed by atoms with Crippen LogP contribution in [-0.2, 0) is 28.5 Å². The largest absolute Gasteiger partial charge is 0.658 e. The number of esters is 1. The maximum absolute atomic E-state index is 12.5. The van der Waals surface area contributed by atoms with Gasteiger partial charge < -0.3 is 49.5 Å². The first-order valence-electron chi connectivity index (χ1n) is 15.1. The highest BCUT2D eigenvalue weighted by molar-refractivity contribution is 5.90. The smallest absolute Gasteiger partial charge is 0.333 e. The van der Waals surface area contributed by atoms with Crippen LogP contribution in [0.5, 0.6) is 0 Å². The second-order valence-electron chi connectivity index (χ2n) is 12.3. The second kappa shape index (κ2) is 12.4. The summed E-state index contributed by atoms with van der Waals surface area (Å²) in [5.74, 6) is -2.70. The minimum Gasteiger partial charge on any atom is -0.658 e. The van der Waals surface area contributed by atoms with Gasteiger partial charge in [0.25, 0.3) is 0 Å². The molecule has 0 radical (unpaired) electrons. The molecule has 3 heterocycles. The van der Waals surface area contributed by atoms with Gasteiger partial charge in [-0.15, -0.1) is 6.58 Å². The van der Waals surface area contributed by atoms with Gasteiger partial charge in [0.1, 0.15) is 17.8 Å². The number of carboxylic acids is 1. The fraction of sp³-hybridized carbons (Fsp3) is 0.625. The lowest BCUT2D eigenvalue weighted by Crippen LogP contribution is -2.78. The summed E-state index contributed by atoms with van der Waals surface area (Å²) < 4.78 is 24.1. The van der Waals surface area contributed by atoms with Crippen molar-refractivity contribution in [1.29, 1.82) is 0 Å². The topological polar surface area (TPSA) is 186 Å². The van der Waals surface area contributed by atoms with Gasteiger partial charge in [0.05, 0.1) is 32.0 Å². The van der Waals surface area contributed by atoms with Gasteiger partial charge in [-0.05, 0) is 42.4 Å². The van der Waals surface area contributed by atoms with Gasteiger partial charge in [0.15, 0.2) is 11.9 Å². The minimum atomic E-state index is -1.98. The summed E-state index contributed by atoms with van der Waals surface area (Å²) in [4.78, 5) is 29.0. The molecule has 8 unspecified atom stereocenters. The molecule has 1 aromatic heterocycles. The summed E-state index contributed by atoms with van der Waals surface area (Å²) in [7, 11) is 1.22. The molecule has 2 bridgehead atoms. The van der Waals surface area contributed by atoms with Gasteiger partial charge in [-0.2, -0.15) is 5.69 Å². The van der Waals surface area contributed by atoms with Crippen molar-refractivity contribution in [2.24, 2.45) is 11.8 Å². The number of hydrogen-bond donors (Lipinski definition) is 5. The second-order valence-corrected chi connectivity index (χ2v) is 12.3. The van der Waals surface area contributed by atoms with E-state index in [2.05, 4.69) is 6.58 Å². The molecule has 2 aliphatic carbocycles. The molecular weight excluding hydrogens is 574 g/mol. The maximum atomic E-state index is 12.5. The fourth-order valence-corrected chi connectivity index (χ4v) is 7.30. The van der Waals surface area contributed by atoms with Crippen LogP contribution in [0.1, 0.15) is 64.0 Å². The van der Waals surface area contributed by atoms with E-state index in [0.29, 0.717) is 35.9 Å². The third-order valence-corrected chi connectivity index (χ3v) is 9.54. The van der Waals surface area contributed by atoms with Gasteiger partial charge in [-0.3, -0.25) is 4.79 Å². The van der Waals surface area contributed by atoms with Crippen LogP contribution in [0.25, 0.3) is 11.3 Å². The zero-order valence-electron chi connectivity index (χ0n) is 25.3. The molecule has 5 rings (SSSR count). The molecule has 1 saturated heterocycles. The quantitative estimate of drug-likeness (QED) is 0.165. The van der Waals surface area contributed by atoms with E-state index in [9.17, 15) is 35.1 Å². The highest BCUT2D eigenvalue weighted by Crippen LogP contribution is 2.53. The van der Waals surface area contributed by atoms with E-state index in [4.69, 9.17) is 23.9 Å². The lowest BCUT2D eigenvalue weighted by atomic mass is 9.63. The van der Waals surface area contributed by atoms with Crippen LogP contribution in [0, 0.1) is 11.8 Å². The zero-order valence-corrected chi connectivity index (χ0v) is 25.3. The standard InChI is InChI=1S/C32H42NO11/c1-5-17-19(14-26(36)37)18(28(38)41-4)8-9-23(17)42-30-31(40)11-10-21-20-13-22(16(2)3)33-27(20)24(7-6-12-34)44-32(21,29(31)39)25(15-35)43-30/h5,8,13,16-17,19,23,25,29-30,34-35,39-40H,1,6-7,9-12,14-15H2,2-4H3,(H,36,37)/q-1. The Morgan fingerprint density at radius 3 is 2.66 bits per heavy atom. The lowest BCUT2D eigenvalue weighted by Gasteiger charge is -2.60. The van der Waals surface area contributed by atoms with Crippen LogP contribution in [0.2, 0.25) is 0 Å². The number of nitrogens with zero attached hydrogens (tertiary/aromatic N) is 1. The highest BCUT2D eigenvalue weighted by Gasteiger charge is 2.69. The predicted octanol–water partition coefficient (Wildman–Crippen LogP) is -0.0480. The first-order valence-corrected chi connectivity index (χ1v) is 15.1. The number of carbonyl (C=O) groups is 2. The van der Waals surface area contributed by atoms with E-state index < -0.39 is 66.2 Å². The molecule has 2 fully saturated rings. The van der Waals surface area contributed by atoms with Crippen LogP contribution >= 0.6 is 0 Å². The number of aliphatic carboxylic acids is 1. The van der Waals surface area contributed by atoms with Crippen molar-refractivity contribution in [2.75, 3.05) is 20.3 Å². The fourth-order valence-electron chi connectivity index (χ4n) is 7.30. The van der Waals surface area contributed by atoms with E-state index in [1.807, 2.05) is 19.9 Å². The number of ether oxygens (including phenoxy) is 4. The summed E-state index contributed by atoms with van der Waals surface area (Å²) in [5.41, 5.74) is -1.91. The van der Waals surface area contributed by atoms with E-state index >= 15 is 0 Å². The van der Waals surface area contributed by atoms with E-state index in [1.54, 1.807) is 6.08 Å². The average Bonchev–Trinajstić information content (AvgIpc) is 3.45. The third-order valence-electron chi connectivity index (χ3n) is 9.54. The van der Waals surface area contributed by atoms with Crippen molar-refractivity contribution < 1.29 is 54.1 Å². The van der Waals surface area contributed by atoms with Crippen LogP contribution in [0.4, 0.5) is 0 Å². The molecule has 12 heteroatoms. The zero-order chi connectivity index (χ0) is 32.0. The van der Waals surface area contributed by atoms with Crippen molar-refractivity contribution >= 4 is 23.3 Å². The Labute approximate surface area is 255 Å². The van der Waals surface area contributed by atoms with Gasteiger partial charge in [0.2, 0.25) is 0 Å². The number of carbonyl (C=O) groups excluding carboxylic acids is 1. The normalized spacial score (nSPS) is 34.5. The predicted molar refractivity (Wildman–Crippen MR) is 155 cm³/mol. The van der Waals surface area contributed by atoms with Crippen molar-refractivity contribution in [3.63, 3.8) is 0 Å². The average molecular weight is 617 g/mol. The number of rotatable bonds is 11. The maximum Gasteiger partial charge on any atom is 0.333 e. The Balaban J connectivity index is 1.54. The molecule has 1 spiro atoms. The minimum absolute atomic E-state index is 0.0400.